The van der Waals surface area contributed by atoms with Crippen molar-refractivity contribution in [1.82, 2.24) is 5.32 Å². The highest BCUT2D eigenvalue weighted by Gasteiger charge is 2.44. The normalized spacial score (nSPS) is 24.3. The van der Waals surface area contributed by atoms with Gasteiger partial charge in [-0.25, -0.2) is 4.79 Å². The maximum Gasteiger partial charge on any atom is 0.338 e. The first-order chi connectivity index (χ1) is 13.1. The summed E-state index contributed by atoms with van der Waals surface area (Å²) in [5, 5.41) is 3.49. The molecular weight excluding hydrogens is 346 g/mol. The Morgan fingerprint density at radius 2 is 2.04 bits per heavy atom. The number of carbonyl (C=O) groups is 1. The number of esters is 1. The second kappa shape index (κ2) is 7.43. The lowest BCUT2D eigenvalue weighted by Crippen LogP contribution is -2.40. The highest BCUT2D eigenvalue weighted by molar-refractivity contribution is 5.90. The third-order valence-electron chi connectivity index (χ3n) is 5.48. The van der Waals surface area contributed by atoms with Crippen molar-refractivity contribution in [3.8, 4) is 11.5 Å². The molecule has 2 aliphatic heterocycles. The Bertz CT molecular complexity index is 753. The Kier molecular flexibility index (Phi) is 5.00. The van der Waals surface area contributed by atoms with Crippen molar-refractivity contribution >= 4 is 5.97 Å². The van der Waals surface area contributed by atoms with Gasteiger partial charge in [-0.1, -0.05) is 19.9 Å². The van der Waals surface area contributed by atoms with Crippen LogP contribution in [0.15, 0.2) is 29.5 Å². The minimum atomic E-state index is -0.290. The van der Waals surface area contributed by atoms with Crippen LogP contribution in [0.3, 0.4) is 0 Å². The Morgan fingerprint density at radius 3 is 2.74 bits per heavy atom. The summed E-state index contributed by atoms with van der Waals surface area (Å²) in [5.74, 6) is 2.05. The predicted octanol–water partition coefficient (Wildman–Crippen LogP) is 3.16. The average Bonchev–Trinajstić information content (AvgIpc) is 3.42. The number of ether oxygens (including phenoxy) is 4. The van der Waals surface area contributed by atoms with Gasteiger partial charge in [0.05, 0.1) is 24.9 Å². The van der Waals surface area contributed by atoms with E-state index in [4.69, 9.17) is 18.9 Å². The Labute approximate surface area is 159 Å². The van der Waals surface area contributed by atoms with E-state index in [0.717, 1.165) is 35.6 Å². The zero-order chi connectivity index (χ0) is 19.0. The summed E-state index contributed by atoms with van der Waals surface area (Å²) in [6.45, 7) is 5.19. The van der Waals surface area contributed by atoms with Gasteiger partial charge in [-0.05, 0) is 42.4 Å². The van der Waals surface area contributed by atoms with E-state index in [0.29, 0.717) is 30.4 Å². The molecule has 1 aliphatic carbocycles. The van der Waals surface area contributed by atoms with Crippen LogP contribution in [-0.2, 0) is 20.8 Å². The first-order valence-electron chi connectivity index (χ1n) is 9.66. The number of rotatable bonds is 6. The van der Waals surface area contributed by atoms with E-state index in [1.165, 1.54) is 7.11 Å². The predicted molar refractivity (Wildman–Crippen MR) is 99.3 cm³/mol. The lowest BCUT2D eigenvalue weighted by atomic mass is 9.91. The summed E-state index contributed by atoms with van der Waals surface area (Å²) in [4.78, 5) is 12.5. The van der Waals surface area contributed by atoms with Crippen LogP contribution in [0.25, 0.3) is 0 Å². The topological polar surface area (TPSA) is 66.0 Å². The van der Waals surface area contributed by atoms with Crippen molar-refractivity contribution in [1.29, 1.82) is 0 Å². The summed E-state index contributed by atoms with van der Waals surface area (Å²) in [6, 6.07) is 5.91. The molecule has 0 aromatic heterocycles. The van der Waals surface area contributed by atoms with E-state index in [2.05, 4.69) is 19.2 Å². The van der Waals surface area contributed by atoms with Gasteiger partial charge in [0.1, 0.15) is 0 Å². The zero-order valence-electron chi connectivity index (χ0n) is 16.1. The van der Waals surface area contributed by atoms with Gasteiger partial charge in [-0.15, -0.1) is 0 Å². The molecule has 0 spiro atoms. The minimum absolute atomic E-state index is 0.100. The molecule has 0 amide bonds. The summed E-state index contributed by atoms with van der Waals surface area (Å²) in [5.41, 5.74) is 2.69. The molecular formula is C21H27NO5. The first kappa shape index (κ1) is 18.2. The maximum atomic E-state index is 12.5. The second-order valence-electron chi connectivity index (χ2n) is 7.81. The third kappa shape index (κ3) is 3.76. The molecule has 2 heterocycles. The number of nitrogens with one attached hydrogen (secondary N) is 1. The fourth-order valence-electron chi connectivity index (χ4n) is 3.70. The quantitative estimate of drug-likeness (QED) is 0.773. The van der Waals surface area contributed by atoms with Gasteiger partial charge in [0.25, 0.3) is 0 Å². The largest absolute Gasteiger partial charge is 0.466 e. The fourth-order valence-corrected chi connectivity index (χ4v) is 3.70. The number of hydrogen-bond acceptors (Lipinski definition) is 6. The molecule has 1 fully saturated rings. The molecule has 2 atom stereocenters. The Hall–Kier alpha value is -2.21. The number of carbonyl (C=O) groups excluding carboxylic acids is 1. The van der Waals surface area contributed by atoms with E-state index in [9.17, 15) is 4.79 Å². The molecule has 0 saturated heterocycles. The summed E-state index contributed by atoms with van der Waals surface area (Å²) in [6.07, 6.45) is 2.83. The third-order valence-corrected chi connectivity index (χ3v) is 5.48. The Balaban J connectivity index is 1.58. The van der Waals surface area contributed by atoms with Crippen molar-refractivity contribution in [3.05, 3.63) is 35.0 Å². The zero-order valence-corrected chi connectivity index (χ0v) is 16.1. The molecule has 4 rings (SSSR count). The van der Waals surface area contributed by atoms with E-state index < -0.39 is 0 Å². The van der Waals surface area contributed by atoms with Crippen LogP contribution in [0.4, 0.5) is 0 Å². The fraction of sp³-hybridized carbons (Fsp3) is 0.571. The SMILES string of the molecule is COC(=O)C1=C(NCc2ccc3c(c2)OCO3)C[C@@H](C(C)C)O[C@H]1C1CC1. The van der Waals surface area contributed by atoms with Crippen LogP contribution in [0, 0.1) is 11.8 Å². The van der Waals surface area contributed by atoms with Crippen LogP contribution < -0.4 is 14.8 Å². The molecule has 0 bridgehead atoms. The number of benzene rings is 1. The van der Waals surface area contributed by atoms with Gasteiger partial charge in [-0.2, -0.15) is 0 Å². The lowest BCUT2D eigenvalue weighted by molar-refractivity contribution is -0.140. The van der Waals surface area contributed by atoms with E-state index in [1.807, 2.05) is 18.2 Å². The molecule has 3 aliphatic rings. The van der Waals surface area contributed by atoms with Crippen LogP contribution in [0.5, 0.6) is 11.5 Å². The van der Waals surface area contributed by atoms with Crippen LogP contribution >= 0.6 is 0 Å². The van der Waals surface area contributed by atoms with E-state index in [1.54, 1.807) is 0 Å². The van der Waals surface area contributed by atoms with Crippen LogP contribution in [-0.4, -0.2) is 32.1 Å². The monoisotopic (exact) mass is 373 g/mol. The summed E-state index contributed by atoms with van der Waals surface area (Å²) in [7, 11) is 1.43. The molecule has 1 aromatic rings. The van der Waals surface area contributed by atoms with E-state index >= 15 is 0 Å². The summed E-state index contributed by atoms with van der Waals surface area (Å²) >= 11 is 0. The van der Waals surface area contributed by atoms with E-state index in [-0.39, 0.29) is 25.0 Å². The molecule has 1 aromatic carbocycles. The molecule has 0 unspecified atom stereocenters. The first-order valence-corrected chi connectivity index (χ1v) is 9.66. The molecule has 1 N–H and O–H groups in total. The van der Waals surface area contributed by atoms with Gasteiger partial charge in [0.2, 0.25) is 6.79 Å². The highest BCUT2D eigenvalue weighted by atomic mass is 16.7. The van der Waals surface area contributed by atoms with Crippen LogP contribution in [0.2, 0.25) is 0 Å². The lowest BCUT2D eigenvalue weighted by Gasteiger charge is -2.35. The molecule has 6 heteroatoms. The van der Waals surface area contributed by atoms with Gasteiger partial charge < -0.3 is 24.3 Å². The van der Waals surface area contributed by atoms with Crippen molar-refractivity contribution < 1.29 is 23.7 Å². The standard InChI is InChI=1S/C21H27NO5/c1-12(2)17-9-15(19(21(23)24-3)20(27-17)14-5-6-14)22-10-13-4-7-16-18(8-13)26-11-25-16/h4,7-8,12,14,17,20,22H,5-6,9-11H2,1-3H3/t17-,20-/m0/s1. The molecule has 146 valence electrons. The highest BCUT2D eigenvalue weighted by Crippen LogP contribution is 2.43. The van der Waals surface area contributed by atoms with Gasteiger partial charge in [-0.3, -0.25) is 0 Å². The number of hydrogen-bond donors (Lipinski definition) is 1. The number of fused-ring (bicyclic) bond motifs is 1. The second-order valence-corrected chi connectivity index (χ2v) is 7.81. The maximum absolute atomic E-state index is 12.5. The molecule has 27 heavy (non-hydrogen) atoms. The molecule has 1 saturated carbocycles. The minimum Gasteiger partial charge on any atom is -0.466 e. The van der Waals surface area contributed by atoms with Crippen molar-refractivity contribution in [2.24, 2.45) is 11.8 Å². The summed E-state index contributed by atoms with van der Waals surface area (Å²) < 4.78 is 22.2. The Morgan fingerprint density at radius 1 is 1.26 bits per heavy atom. The van der Waals surface area contributed by atoms with Gasteiger partial charge in [0, 0.05) is 18.7 Å². The van der Waals surface area contributed by atoms with Gasteiger partial charge in [0.15, 0.2) is 11.5 Å². The van der Waals surface area contributed by atoms with Crippen molar-refractivity contribution in [2.45, 2.75) is 51.9 Å². The average molecular weight is 373 g/mol. The van der Waals surface area contributed by atoms with Gasteiger partial charge >= 0.3 is 5.97 Å². The smallest absolute Gasteiger partial charge is 0.338 e. The van der Waals surface area contributed by atoms with Crippen LogP contribution in [0.1, 0.15) is 38.7 Å². The van der Waals surface area contributed by atoms with Crippen molar-refractivity contribution in [3.63, 3.8) is 0 Å². The number of methoxy groups -OCH3 is 1. The molecule has 0 radical (unpaired) electrons. The molecule has 6 nitrogen and oxygen atoms in total. The van der Waals surface area contributed by atoms with Crippen molar-refractivity contribution in [2.75, 3.05) is 13.9 Å².